The Hall–Kier alpha value is -0.930. The highest BCUT2D eigenvalue weighted by atomic mass is 35.5. The first-order valence-corrected chi connectivity index (χ1v) is 4.96. The van der Waals surface area contributed by atoms with Gasteiger partial charge in [0.25, 0.3) is 0 Å². The zero-order valence-electron chi connectivity index (χ0n) is 8.73. The van der Waals surface area contributed by atoms with Gasteiger partial charge in [-0.15, -0.1) is 12.4 Å². The quantitative estimate of drug-likeness (QED) is 0.867. The van der Waals surface area contributed by atoms with Crippen LogP contribution in [0.1, 0.15) is 31.4 Å². The van der Waals surface area contributed by atoms with Gasteiger partial charge in [-0.3, -0.25) is 0 Å². The first-order valence-electron chi connectivity index (χ1n) is 4.96. The number of fused-ring (bicyclic) bond motifs is 1. The van der Waals surface area contributed by atoms with E-state index in [1.807, 2.05) is 18.2 Å². The maximum Gasteiger partial charge on any atom is 0.231 e. The minimum absolute atomic E-state index is 0. The second-order valence-electron chi connectivity index (χ2n) is 3.51. The summed E-state index contributed by atoms with van der Waals surface area (Å²) in [6, 6.07) is 6.01. The third-order valence-electron chi connectivity index (χ3n) is 2.42. The predicted molar refractivity (Wildman–Crippen MR) is 61.6 cm³/mol. The molecule has 0 aliphatic carbocycles. The van der Waals surface area contributed by atoms with Gasteiger partial charge in [-0.25, -0.2) is 0 Å². The van der Waals surface area contributed by atoms with Gasteiger partial charge in [-0.2, -0.15) is 0 Å². The molecule has 3 nitrogen and oxygen atoms in total. The number of hydrogen-bond donors (Lipinski definition) is 1. The van der Waals surface area contributed by atoms with E-state index in [-0.39, 0.29) is 18.4 Å². The molecule has 15 heavy (non-hydrogen) atoms. The molecule has 1 aromatic carbocycles. The first kappa shape index (κ1) is 12.1. The monoisotopic (exact) mass is 229 g/mol. The van der Waals surface area contributed by atoms with Gasteiger partial charge >= 0.3 is 0 Å². The van der Waals surface area contributed by atoms with Crippen LogP contribution in [0.25, 0.3) is 0 Å². The summed E-state index contributed by atoms with van der Waals surface area (Å²) >= 11 is 0. The Labute approximate surface area is 96.0 Å². The van der Waals surface area contributed by atoms with E-state index in [4.69, 9.17) is 15.2 Å². The highest BCUT2D eigenvalue weighted by Gasteiger charge is 2.15. The van der Waals surface area contributed by atoms with E-state index in [9.17, 15) is 0 Å². The van der Waals surface area contributed by atoms with Crippen molar-refractivity contribution in [1.29, 1.82) is 0 Å². The Morgan fingerprint density at radius 2 is 2.07 bits per heavy atom. The third kappa shape index (κ3) is 2.55. The van der Waals surface area contributed by atoms with Crippen molar-refractivity contribution < 1.29 is 9.47 Å². The van der Waals surface area contributed by atoms with Crippen LogP contribution in [-0.2, 0) is 0 Å². The van der Waals surface area contributed by atoms with Gasteiger partial charge < -0.3 is 15.2 Å². The van der Waals surface area contributed by atoms with Crippen LogP contribution >= 0.6 is 12.4 Å². The number of nitrogens with two attached hydrogens (primary N) is 1. The molecule has 0 saturated carbocycles. The van der Waals surface area contributed by atoms with Crippen LogP contribution in [0, 0.1) is 0 Å². The van der Waals surface area contributed by atoms with Crippen LogP contribution in [0.5, 0.6) is 11.5 Å². The Kier molecular flexibility index (Phi) is 4.24. The van der Waals surface area contributed by atoms with Crippen LogP contribution in [0.3, 0.4) is 0 Å². The minimum Gasteiger partial charge on any atom is -0.454 e. The Morgan fingerprint density at radius 1 is 1.33 bits per heavy atom. The number of benzene rings is 1. The molecule has 1 unspecified atom stereocenters. The molecule has 0 bridgehead atoms. The maximum absolute atomic E-state index is 6.00. The summed E-state index contributed by atoms with van der Waals surface area (Å²) in [6.45, 7) is 2.45. The fourth-order valence-corrected chi connectivity index (χ4v) is 1.62. The van der Waals surface area contributed by atoms with Crippen molar-refractivity contribution >= 4 is 12.4 Å². The van der Waals surface area contributed by atoms with Crippen LogP contribution < -0.4 is 15.2 Å². The lowest BCUT2D eigenvalue weighted by molar-refractivity contribution is 0.174. The molecule has 1 atom stereocenters. The molecular weight excluding hydrogens is 214 g/mol. The second kappa shape index (κ2) is 5.24. The fraction of sp³-hybridized carbons (Fsp3) is 0.455. The van der Waals surface area contributed by atoms with E-state index in [1.165, 1.54) is 0 Å². The molecule has 2 N–H and O–H groups in total. The average molecular weight is 230 g/mol. The summed E-state index contributed by atoms with van der Waals surface area (Å²) in [4.78, 5) is 0. The molecule has 1 heterocycles. The van der Waals surface area contributed by atoms with Gasteiger partial charge in [0.05, 0.1) is 0 Å². The molecule has 0 amide bonds. The number of ether oxygens (including phenoxy) is 2. The molecular formula is C11H16ClNO2. The normalized spacial score (nSPS) is 14.5. The summed E-state index contributed by atoms with van der Waals surface area (Å²) in [7, 11) is 0. The topological polar surface area (TPSA) is 44.5 Å². The van der Waals surface area contributed by atoms with Gasteiger partial charge in [0.1, 0.15) is 0 Å². The average Bonchev–Trinajstić information content (AvgIpc) is 2.64. The van der Waals surface area contributed by atoms with Crippen LogP contribution in [-0.4, -0.2) is 6.79 Å². The summed E-state index contributed by atoms with van der Waals surface area (Å²) in [5.74, 6) is 1.63. The molecule has 0 radical (unpaired) electrons. The van der Waals surface area contributed by atoms with E-state index in [2.05, 4.69) is 6.92 Å². The fourth-order valence-electron chi connectivity index (χ4n) is 1.62. The van der Waals surface area contributed by atoms with E-state index in [1.54, 1.807) is 0 Å². The van der Waals surface area contributed by atoms with Gasteiger partial charge in [-0.1, -0.05) is 19.4 Å². The lowest BCUT2D eigenvalue weighted by atomic mass is 10.0. The van der Waals surface area contributed by atoms with E-state index < -0.39 is 0 Å². The first-order chi connectivity index (χ1) is 6.81. The summed E-state index contributed by atoms with van der Waals surface area (Å²) in [5.41, 5.74) is 7.12. The van der Waals surface area contributed by atoms with Crippen molar-refractivity contribution in [1.82, 2.24) is 0 Å². The number of rotatable bonds is 3. The van der Waals surface area contributed by atoms with Gasteiger partial charge in [-0.05, 0) is 24.1 Å². The highest BCUT2D eigenvalue weighted by Crippen LogP contribution is 2.34. The van der Waals surface area contributed by atoms with Gasteiger partial charge in [0, 0.05) is 6.04 Å². The molecule has 1 aromatic rings. The zero-order valence-corrected chi connectivity index (χ0v) is 9.55. The molecule has 84 valence electrons. The molecule has 4 heteroatoms. The summed E-state index contributed by atoms with van der Waals surface area (Å²) in [6.07, 6.45) is 2.09. The predicted octanol–water partition coefficient (Wildman–Crippen LogP) is 2.64. The standard InChI is InChI=1S/C11H15NO2.ClH/c1-2-3-9(12)8-4-5-10-11(6-8)14-7-13-10;/h4-6,9H,2-3,7,12H2,1H3;1H. The van der Waals surface area contributed by atoms with Crippen molar-refractivity contribution in [3.63, 3.8) is 0 Å². The lowest BCUT2D eigenvalue weighted by Crippen LogP contribution is -2.09. The lowest BCUT2D eigenvalue weighted by Gasteiger charge is -2.10. The molecule has 0 spiro atoms. The van der Waals surface area contributed by atoms with Crippen molar-refractivity contribution in [2.75, 3.05) is 6.79 Å². The van der Waals surface area contributed by atoms with Crippen LogP contribution in [0.15, 0.2) is 18.2 Å². The maximum atomic E-state index is 6.00. The van der Waals surface area contributed by atoms with Gasteiger partial charge in [0.15, 0.2) is 11.5 Å². The Morgan fingerprint density at radius 3 is 2.80 bits per heavy atom. The number of halogens is 1. The molecule has 1 aliphatic rings. The van der Waals surface area contributed by atoms with Crippen molar-refractivity contribution in [3.8, 4) is 11.5 Å². The Balaban J connectivity index is 0.00000112. The second-order valence-corrected chi connectivity index (χ2v) is 3.51. The van der Waals surface area contributed by atoms with Crippen LogP contribution in [0.4, 0.5) is 0 Å². The molecule has 0 aromatic heterocycles. The largest absolute Gasteiger partial charge is 0.454 e. The smallest absolute Gasteiger partial charge is 0.231 e. The van der Waals surface area contributed by atoms with Crippen molar-refractivity contribution in [2.24, 2.45) is 5.73 Å². The molecule has 0 fully saturated rings. The summed E-state index contributed by atoms with van der Waals surface area (Å²) in [5, 5.41) is 0. The zero-order chi connectivity index (χ0) is 9.97. The number of hydrogen-bond acceptors (Lipinski definition) is 3. The SMILES string of the molecule is CCCC(N)c1ccc2c(c1)OCO2.Cl. The van der Waals surface area contributed by atoms with Crippen molar-refractivity contribution in [2.45, 2.75) is 25.8 Å². The molecule has 2 rings (SSSR count). The van der Waals surface area contributed by atoms with Gasteiger partial charge in [0.2, 0.25) is 6.79 Å². The van der Waals surface area contributed by atoms with E-state index >= 15 is 0 Å². The van der Waals surface area contributed by atoms with E-state index in [0.717, 1.165) is 29.9 Å². The third-order valence-corrected chi connectivity index (χ3v) is 2.42. The Bertz CT molecular complexity index is 330. The van der Waals surface area contributed by atoms with Crippen molar-refractivity contribution in [3.05, 3.63) is 23.8 Å². The summed E-state index contributed by atoms with van der Waals surface area (Å²) < 4.78 is 10.5. The molecule has 0 saturated heterocycles. The highest BCUT2D eigenvalue weighted by molar-refractivity contribution is 5.85. The van der Waals surface area contributed by atoms with Crippen LogP contribution in [0.2, 0.25) is 0 Å². The molecule has 1 aliphatic heterocycles. The van der Waals surface area contributed by atoms with E-state index in [0.29, 0.717) is 6.79 Å². The minimum atomic E-state index is 0.